The molecule has 2 nitrogen and oxygen atoms in total. The van der Waals surface area contributed by atoms with Gasteiger partial charge in [0.2, 0.25) is 0 Å². The highest BCUT2D eigenvalue weighted by molar-refractivity contribution is 7.98. The number of aldehydes is 1. The Morgan fingerprint density at radius 2 is 1.14 bits per heavy atom. The minimum atomic E-state index is -1.24. The number of aryl methyl sites for hydroxylation is 1. The van der Waals surface area contributed by atoms with Gasteiger partial charge in [-0.05, 0) is 65.5 Å². The van der Waals surface area contributed by atoms with Gasteiger partial charge in [-0.3, -0.25) is 0 Å². The number of thioether (sulfide) groups is 2. The molecule has 0 aliphatic heterocycles. The summed E-state index contributed by atoms with van der Waals surface area (Å²) in [6, 6.07) is 24.1. The molecule has 0 amide bonds. The van der Waals surface area contributed by atoms with Crippen LogP contribution in [0.3, 0.4) is 0 Å². The summed E-state index contributed by atoms with van der Waals surface area (Å²) in [6.45, 7) is 0. The molecule has 0 aliphatic rings. The SMILES string of the molecule is CSc1ccc(C(O)(c2ccc(CCC=O)cc2)c2ccc(SC)cc2)cc1. The van der Waals surface area contributed by atoms with Crippen LogP contribution in [-0.2, 0) is 16.8 Å². The molecule has 28 heavy (non-hydrogen) atoms. The number of carbonyl (C=O) groups excluding carboxylic acids is 1. The van der Waals surface area contributed by atoms with Gasteiger partial charge in [-0.1, -0.05) is 48.5 Å². The highest BCUT2D eigenvalue weighted by atomic mass is 32.2. The Balaban J connectivity index is 2.08. The van der Waals surface area contributed by atoms with E-state index < -0.39 is 5.60 Å². The smallest absolute Gasteiger partial charge is 0.140 e. The Kier molecular flexibility index (Phi) is 7.00. The van der Waals surface area contributed by atoms with Crippen LogP contribution in [0.5, 0.6) is 0 Å². The van der Waals surface area contributed by atoms with Crippen LogP contribution in [0.1, 0.15) is 28.7 Å². The van der Waals surface area contributed by atoms with Crippen LogP contribution in [0, 0.1) is 0 Å². The average molecular weight is 409 g/mol. The maximum absolute atomic E-state index is 11.9. The van der Waals surface area contributed by atoms with Crippen molar-refractivity contribution in [1.82, 2.24) is 0 Å². The van der Waals surface area contributed by atoms with Gasteiger partial charge in [-0.2, -0.15) is 0 Å². The molecule has 0 saturated heterocycles. The third-order valence-corrected chi connectivity index (χ3v) is 6.43. The van der Waals surface area contributed by atoms with E-state index in [1.807, 2.05) is 85.3 Å². The molecule has 144 valence electrons. The maximum Gasteiger partial charge on any atom is 0.140 e. The van der Waals surface area contributed by atoms with Gasteiger partial charge in [0, 0.05) is 16.2 Å². The van der Waals surface area contributed by atoms with Crippen molar-refractivity contribution in [3.05, 3.63) is 95.1 Å². The van der Waals surface area contributed by atoms with E-state index in [1.165, 1.54) is 0 Å². The van der Waals surface area contributed by atoms with Crippen molar-refractivity contribution in [2.75, 3.05) is 12.5 Å². The molecule has 0 fully saturated rings. The molecule has 0 aromatic heterocycles. The first-order chi connectivity index (χ1) is 13.6. The number of aliphatic hydroxyl groups is 1. The zero-order valence-corrected chi connectivity index (χ0v) is 17.7. The maximum atomic E-state index is 11.9. The molecule has 0 unspecified atom stereocenters. The van der Waals surface area contributed by atoms with Crippen LogP contribution in [0.15, 0.2) is 82.6 Å². The predicted octanol–water partition coefficient (Wildman–Crippen LogP) is 5.55. The van der Waals surface area contributed by atoms with Crippen LogP contribution in [0.4, 0.5) is 0 Å². The van der Waals surface area contributed by atoms with Crippen molar-refractivity contribution < 1.29 is 9.90 Å². The molecule has 0 aliphatic carbocycles. The third-order valence-electron chi connectivity index (χ3n) is 4.94. The van der Waals surface area contributed by atoms with Gasteiger partial charge in [0.05, 0.1) is 0 Å². The molecule has 0 atom stereocenters. The molecule has 3 aromatic rings. The molecule has 0 spiro atoms. The van der Waals surface area contributed by atoms with Gasteiger partial charge in [-0.25, -0.2) is 0 Å². The van der Waals surface area contributed by atoms with Gasteiger partial charge < -0.3 is 9.90 Å². The van der Waals surface area contributed by atoms with Crippen molar-refractivity contribution in [3.63, 3.8) is 0 Å². The molecular formula is C24H24O2S2. The Labute approximate surface area is 175 Å². The first kappa shape index (κ1) is 20.7. The fourth-order valence-electron chi connectivity index (χ4n) is 3.30. The van der Waals surface area contributed by atoms with Crippen molar-refractivity contribution in [1.29, 1.82) is 0 Å². The van der Waals surface area contributed by atoms with Crippen LogP contribution >= 0.6 is 23.5 Å². The van der Waals surface area contributed by atoms with Gasteiger partial charge in [-0.15, -0.1) is 23.5 Å². The Hall–Kier alpha value is -2.01. The molecule has 0 heterocycles. The number of benzene rings is 3. The standard InChI is InChI=1S/C24H24O2S2/c1-27-22-13-9-20(10-14-22)24(26,21-11-15-23(28-2)16-12-21)19-7-5-18(6-8-19)4-3-17-25/h5-17,26H,3-4H2,1-2H3. The second-order valence-corrected chi connectivity index (χ2v) is 8.33. The lowest BCUT2D eigenvalue weighted by Crippen LogP contribution is -2.28. The molecule has 0 radical (unpaired) electrons. The quantitative estimate of drug-likeness (QED) is 0.301. The third kappa shape index (κ3) is 4.35. The summed E-state index contributed by atoms with van der Waals surface area (Å²) in [7, 11) is 0. The van der Waals surface area contributed by atoms with E-state index in [1.54, 1.807) is 23.5 Å². The average Bonchev–Trinajstić information content (AvgIpc) is 2.77. The van der Waals surface area contributed by atoms with E-state index in [0.717, 1.165) is 38.3 Å². The lowest BCUT2D eigenvalue weighted by atomic mass is 9.80. The summed E-state index contributed by atoms with van der Waals surface area (Å²) in [5.74, 6) is 0. The van der Waals surface area contributed by atoms with Crippen LogP contribution in [-0.4, -0.2) is 23.9 Å². The topological polar surface area (TPSA) is 37.3 Å². The Morgan fingerprint density at radius 3 is 1.50 bits per heavy atom. The number of carbonyl (C=O) groups is 1. The lowest BCUT2D eigenvalue weighted by molar-refractivity contribution is -0.107. The van der Waals surface area contributed by atoms with E-state index in [9.17, 15) is 9.90 Å². The second-order valence-electron chi connectivity index (χ2n) is 6.57. The fraction of sp³-hybridized carbons (Fsp3) is 0.208. The van der Waals surface area contributed by atoms with Crippen LogP contribution in [0.25, 0.3) is 0 Å². The number of rotatable bonds is 8. The van der Waals surface area contributed by atoms with E-state index >= 15 is 0 Å². The summed E-state index contributed by atoms with van der Waals surface area (Å²) in [5, 5.41) is 11.9. The number of hydrogen-bond donors (Lipinski definition) is 1. The van der Waals surface area contributed by atoms with Crippen LogP contribution < -0.4 is 0 Å². The van der Waals surface area contributed by atoms with Gasteiger partial charge in [0.25, 0.3) is 0 Å². The highest BCUT2D eigenvalue weighted by Gasteiger charge is 2.33. The summed E-state index contributed by atoms with van der Waals surface area (Å²) >= 11 is 3.36. The van der Waals surface area contributed by atoms with Gasteiger partial charge in [0.15, 0.2) is 0 Å². The van der Waals surface area contributed by atoms with Crippen molar-refractivity contribution in [2.45, 2.75) is 28.2 Å². The minimum Gasteiger partial charge on any atom is -0.376 e. The fourth-order valence-corrected chi connectivity index (χ4v) is 4.12. The first-order valence-electron chi connectivity index (χ1n) is 9.16. The molecule has 3 aromatic carbocycles. The summed E-state index contributed by atoms with van der Waals surface area (Å²) in [5.41, 5.74) is 2.34. The Bertz CT molecular complexity index is 853. The van der Waals surface area contributed by atoms with E-state index in [4.69, 9.17) is 0 Å². The van der Waals surface area contributed by atoms with Crippen molar-refractivity contribution >= 4 is 29.8 Å². The molecule has 0 saturated carbocycles. The second kappa shape index (κ2) is 9.46. The molecule has 1 N–H and O–H groups in total. The normalized spacial score (nSPS) is 11.4. The largest absolute Gasteiger partial charge is 0.376 e. The summed E-state index contributed by atoms with van der Waals surface area (Å²) < 4.78 is 0. The Morgan fingerprint density at radius 1 is 0.750 bits per heavy atom. The number of hydrogen-bond acceptors (Lipinski definition) is 4. The van der Waals surface area contributed by atoms with Crippen molar-refractivity contribution in [3.8, 4) is 0 Å². The van der Waals surface area contributed by atoms with E-state index in [-0.39, 0.29) is 0 Å². The summed E-state index contributed by atoms with van der Waals surface area (Å²) in [4.78, 5) is 13.0. The first-order valence-corrected chi connectivity index (χ1v) is 11.6. The molecule has 3 rings (SSSR count). The van der Waals surface area contributed by atoms with E-state index in [0.29, 0.717) is 12.8 Å². The van der Waals surface area contributed by atoms with Gasteiger partial charge in [0.1, 0.15) is 11.9 Å². The zero-order valence-electron chi connectivity index (χ0n) is 16.1. The monoisotopic (exact) mass is 408 g/mol. The zero-order chi connectivity index (χ0) is 20.0. The highest BCUT2D eigenvalue weighted by Crippen LogP contribution is 2.38. The summed E-state index contributed by atoms with van der Waals surface area (Å²) in [6.07, 6.45) is 6.24. The van der Waals surface area contributed by atoms with Gasteiger partial charge >= 0.3 is 0 Å². The molecular weight excluding hydrogens is 384 g/mol. The van der Waals surface area contributed by atoms with Crippen molar-refractivity contribution in [2.24, 2.45) is 0 Å². The lowest BCUT2D eigenvalue weighted by Gasteiger charge is -2.30. The molecule has 0 bridgehead atoms. The minimum absolute atomic E-state index is 0.510. The van der Waals surface area contributed by atoms with E-state index in [2.05, 4.69) is 0 Å². The predicted molar refractivity (Wildman–Crippen MR) is 119 cm³/mol. The van der Waals surface area contributed by atoms with Crippen LogP contribution in [0.2, 0.25) is 0 Å². The molecule has 4 heteroatoms.